The van der Waals surface area contributed by atoms with Gasteiger partial charge in [-0.3, -0.25) is 0 Å². The summed E-state index contributed by atoms with van der Waals surface area (Å²) in [5, 5.41) is 0. The standard InChI is InChI=1S/C13H17BrO3/c1-3-4-8-12(13(15)16-2)17-11-9-6-5-7-10(11)14/h5-7,9,12H,3-4,8H2,1-2H3. The van der Waals surface area contributed by atoms with E-state index in [1.54, 1.807) is 0 Å². The van der Waals surface area contributed by atoms with Crippen molar-refractivity contribution in [2.24, 2.45) is 0 Å². The minimum absolute atomic E-state index is 0.325. The van der Waals surface area contributed by atoms with Gasteiger partial charge in [-0.1, -0.05) is 25.5 Å². The number of rotatable bonds is 6. The van der Waals surface area contributed by atoms with Gasteiger partial charge in [0.05, 0.1) is 11.6 Å². The van der Waals surface area contributed by atoms with Crippen molar-refractivity contribution in [2.45, 2.75) is 32.3 Å². The predicted molar refractivity (Wildman–Crippen MR) is 70.1 cm³/mol. The van der Waals surface area contributed by atoms with Crippen molar-refractivity contribution in [3.8, 4) is 5.75 Å². The van der Waals surface area contributed by atoms with E-state index in [9.17, 15) is 4.79 Å². The Balaban J connectivity index is 2.72. The van der Waals surface area contributed by atoms with E-state index >= 15 is 0 Å². The van der Waals surface area contributed by atoms with Crippen LogP contribution in [0.15, 0.2) is 28.7 Å². The molecule has 3 nitrogen and oxygen atoms in total. The molecule has 1 aromatic rings. The summed E-state index contributed by atoms with van der Waals surface area (Å²) in [6.07, 6.45) is 2.10. The van der Waals surface area contributed by atoms with Gasteiger partial charge in [-0.05, 0) is 40.9 Å². The molecule has 0 saturated heterocycles. The molecule has 94 valence electrons. The zero-order chi connectivity index (χ0) is 12.7. The van der Waals surface area contributed by atoms with Gasteiger partial charge < -0.3 is 9.47 Å². The van der Waals surface area contributed by atoms with Crippen LogP contribution in [0, 0.1) is 0 Å². The molecule has 0 aliphatic rings. The SMILES string of the molecule is CCCCC(Oc1ccccc1Br)C(=O)OC. The van der Waals surface area contributed by atoms with Crippen molar-refractivity contribution in [1.29, 1.82) is 0 Å². The Hall–Kier alpha value is -1.03. The van der Waals surface area contributed by atoms with E-state index in [4.69, 9.17) is 9.47 Å². The summed E-state index contributed by atoms with van der Waals surface area (Å²) < 4.78 is 11.3. The van der Waals surface area contributed by atoms with Crippen LogP contribution in [-0.4, -0.2) is 19.2 Å². The van der Waals surface area contributed by atoms with Crippen LogP contribution in [0.5, 0.6) is 5.75 Å². The molecule has 0 aromatic heterocycles. The second-order valence-electron chi connectivity index (χ2n) is 3.70. The highest BCUT2D eigenvalue weighted by molar-refractivity contribution is 9.10. The fourth-order valence-electron chi connectivity index (χ4n) is 1.44. The number of esters is 1. The highest BCUT2D eigenvalue weighted by Crippen LogP contribution is 2.26. The van der Waals surface area contributed by atoms with Gasteiger partial charge in [-0.2, -0.15) is 0 Å². The Bertz CT molecular complexity index is 365. The zero-order valence-corrected chi connectivity index (χ0v) is 11.7. The number of hydrogen-bond acceptors (Lipinski definition) is 3. The van der Waals surface area contributed by atoms with Crippen LogP contribution in [0.25, 0.3) is 0 Å². The molecular formula is C13H17BrO3. The molecule has 17 heavy (non-hydrogen) atoms. The second-order valence-corrected chi connectivity index (χ2v) is 4.56. The lowest BCUT2D eigenvalue weighted by Gasteiger charge is -2.17. The fourth-order valence-corrected chi connectivity index (χ4v) is 1.82. The van der Waals surface area contributed by atoms with Crippen LogP contribution in [-0.2, 0) is 9.53 Å². The average molecular weight is 301 g/mol. The Morgan fingerprint density at radius 1 is 1.41 bits per heavy atom. The smallest absolute Gasteiger partial charge is 0.347 e. The van der Waals surface area contributed by atoms with E-state index in [0.29, 0.717) is 12.2 Å². The largest absolute Gasteiger partial charge is 0.478 e. The number of carbonyl (C=O) groups excluding carboxylic acids is 1. The molecule has 0 saturated carbocycles. The maximum absolute atomic E-state index is 11.6. The molecule has 0 heterocycles. The fraction of sp³-hybridized carbons (Fsp3) is 0.462. The zero-order valence-electron chi connectivity index (χ0n) is 10.1. The first-order valence-corrected chi connectivity index (χ1v) is 6.47. The summed E-state index contributed by atoms with van der Waals surface area (Å²) in [4.78, 5) is 11.6. The summed E-state index contributed by atoms with van der Waals surface area (Å²) in [5.74, 6) is 0.341. The lowest BCUT2D eigenvalue weighted by Crippen LogP contribution is -2.28. The minimum Gasteiger partial charge on any atom is -0.478 e. The summed E-state index contributed by atoms with van der Waals surface area (Å²) in [5.41, 5.74) is 0. The normalized spacial score (nSPS) is 11.9. The minimum atomic E-state index is -0.529. The first kappa shape index (κ1) is 14.0. The topological polar surface area (TPSA) is 35.5 Å². The molecule has 4 heteroatoms. The number of unbranched alkanes of at least 4 members (excludes halogenated alkanes) is 1. The van der Waals surface area contributed by atoms with Crippen LogP contribution in [0.3, 0.4) is 0 Å². The predicted octanol–water partition coefficient (Wildman–Crippen LogP) is 3.56. The first-order chi connectivity index (χ1) is 8.19. The molecule has 1 aromatic carbocycles. The molecule has 0 fully saturated rings. The number of carbonyl (C=O) groups is 1. The molecule has 0 bridgehead atoms. The molecule has 0 N–H and O–H groups in total. The van der Waals surface area contributed by atoms with Gasteiger partial charge in [0.15, 0.2) is 6.10 Å². The van der Waals surface area contributed by atoms with Gasteiger partial charge in [0.1, 0.15) is 5.75 Å². The van der Waals surface area contributed by atoms with Crippen molar-refractivity contribution in [3.05, 3.63) is 28.7 Å². The number of hydrogen-bond donors (Lipinski definition) is 0. The van der Waals surface area contributed by atoms with Crippen molar-refractivity contribution in [2.75, 3.05) is 7.11 Å². The van der Waals surface area contributed by atoms with Gasteiger partial charge in [0, 0.05) is 0 Å². The summed E-state index contributed by atoms with van der Waals surface area (Å²) in [7, 11) is 1.38. The number of para-hydroxylation sites is 1. The average Bonchev–Trinajstić information content (AvgIpc) is 2.35. The highest BCUT2D eigenvalue weighted by atomic mass is 79.9. The van der Waals surface area contributed by atoms with Crippen LogP contribution < -0.4 is 4.74 Å². The van der Waals surface area contributed by atoms with Gasteiger partial charge in [-0.25, -0.2) is 4.79 Å². The van der Waals surface area contributed by atoms with Crippen molar-refractivity contribution >= 4 is 21.9 Å². The Labute approximate surface area is 110 Å². The van der Waals surface area contributed by atoms with Crippen LogP contribution in [0.4, 0.5) is 0 Å². The molecule has 0 spiro atoms. The second kappa shape index (κ2) is 7.33. The number of ether oxygens (including phenoxy) is 2. The van der Waals surface area contributed by atoms with Gasteiger partial charge in [-0.15, -0.1) is 0 Å². The van der Waals surface area contributed by atoms with Crippen molar-refractivity contribution in [1.82, 2.24) is 0 Å². The summed E-state index contributed by atoms with van der Waals surface area (Å²) in [6.45, 7) is 2.08. The molecular weight excluding hydrogens is 284 g/mol. The molecule has 1 rings (SSSR count). The van der Waals surface area contributed by atoms with E-state index in [2.05, 4.69) is 22.9 Å². The van der Waals surface area contributed by atoms with E-state index in [0.717, 1.165) is 17.3 Å². The third-order valence-electron chi connectivity index (χ3n) is 2.39. The lowest BCUT2D eigenvalue weighted by atomic mass is 10.1. The molecule has 0 aliphatic carbocycles. The van der Waals surface area contributed by atoms with Crippen LogP contribution in [0.2, 0.25) is 0 Å². The lowest BCUT2D eigenvalue weighted by molar-refractivity contribution is -0.149. The Kier molecular flexibility index (Phi) is 6.05. The van der Waals surface area contributed by atoms with Crippen molar-refractivity contribution < 1.29 is 14.3 Å². The Morgan fingerprint density at radius 3 is 2.71 bits per heavy atom. The van der Waals surface area contributed by atoms with Crippen molar-refractivity contribution in [3.63, 3.8) is 0 Å². The van der Waals surface area contributed by atoms with E-state index in [1.807, 2.05) is 24.3 Å². The third-order valence-corrected chi connectivity index (χ3v) is 3.04. The molecule has 1 unspecified atom stereocenters. The number of halogens is 1. The van der Waals surface area contributed by atoms with Crippen LogP contribution >= 0.6 is 15.9 Å². The Morgan fingerprint density at radius 2 is 2.12 bits per heavy atom. The number of benzene rings is 1. The molecule has 1 atom stereocenters. The van der Waals surface area contributed by atoms with E-state index < -0.39 is 6.10 Å². The van der Waals surface area contributed by atoms with Gasteiger partial charge in [0.2, 0.25) is 0 Å². The van der Waals surface area contributed by atoms with E-state index in [1.165, 1.54) is 7.11 Å². The molecule has 0 amide bonds. The highest BCUT2D eigenvalue weighted by Gasteiger charge is 2.21. The van der Waals surface area contributed by atoms with Crippen LogP contribution in [0.1, 0.15) is 26.2 Å². The monoisotopic (exact) mass is 300 g/mol. The maximum Gasteiger partial charge on any atom is 0.347 e. The molecule has 0 radical (unpaired) electrons. The van der Waals surface area contributed by atoms with Gasteiger partial charge in [0.25, 0.3) is 0 Å². The molecule has 0 aliphatic heterocycles. The maximum atomic E-state index is 11.6. The summed E-state index contributed by atoms with van der Waals surface area (Å²) in [6, 6.07) is 7.47. The summed E-state index contributed by atoms with van der Waals surface area (Å²) >= 11 is 3.39. The first-order valence-electron chi connectivity index (χ1n) is 5.68. The van der Waals surface area contributed by atoms with E-state index in [-0.39, 0.29) is 5.97 Å². The quantitative estimate of drug-likeness (QED) is 0.754. The van der Waals surface area contributed by atoms with Gasteiger partial charge >= 0.3 is 5.97 Å². The third kappa shape index (κ3) is 4.38. The number of methoxy groups -OCH3 is 1.